The van der Waals surface area contributed by atoms with E-state index >= 15 is 0 Å². The number of aryl methyl sites for hydroxylation is 1. The Labute approximate surface area is 323 Å². The molecule has 0 aliphatic carbocycles. The number of anilines is 1. The monoisotopic (exact) mass is 849 g/mol. The molecule has 1 unspecified atom stereocenters. The fraction of sp³-hybridized carbons (Fsp3) is 0.353. The van der Waals surface area contributed by atoms with Crippen molar-refractivity contribution in [1.29, 1.82) is 0 Å². The molecule has 3 heterocycles. The Morgan fingerprint density at radius 3 is 2.19 bits per heavy atom. The van der Waals surface area contributed by atoms with E-state index in [1.807, 2.05) is 0 Å². The van der Waals surface area contributed by atoms with Crippen LogP contribution in [0.3, 0.4) is 0 Å². The molecule has 57 heavy (non-hydrogen) atoms. The first-order valence-electron chi connectivity index (χ1n) is 16.3. The van der Waals surface area contributed by atoms with Crippen LogP contribution in [0.4, 0.5) is 41.3 Å². The summed E-state index contributed by atoms with van der Waals surface area (Å²) < 4.78 is 133. The molecule has 0 bridgehead atoms. The predicted molar refractivity (Wildman–Crippen MR) is 191 cm³/mol. The highest BCUT2D eigenvalue weighted by Crippen LogP contribution is 2.38. The molecule has 1 atom stereocenters. The summed E-state index contributed by atoms with van der Waals surface area (Å²) in [6.07, 6.45) is -6.89. The molecule has 2 aromatic carbocycles. The standard InChI is InChI=1S/C34H31ClF7N7O7S/c1-16(50)49(57(6,53)54)29-25-21(35)8-9-23(26(25)47(5)46-29)48-28(22(43-31(52)56-32(2,3)4)13-17-11-18(36)14-19(37)12-17)45-27-20(30(48)51)7-10-24(44-27)55-15-33(38,39)34(40,41)42/h7-12,14,22H,13,15H2,1-6H3,(H,43,52). The van der Waals surface area contributed by atoms with Gasteiger partial charge in [-0.1, -0.05) is 11.6 Å². The lowest BCUT2D eigenvalue weighted by Gasteiger charge is -2.26. The van der Waals surface area contributed by atoms with Gasteiger partial charge in [0.1, 0.15) is 23.1 Å². The van der Waals surface area contributed by atoms with Crippen molar-refractivity contribution in [2.24, 2.45) is 7.05 Å². The lowest BCUT2D eigenvalue weighted by Crippen LogP contribution is -2.41. The van der Waals surface area contributed by atoms with Crippen LogP contribution in [0, 0.1) is 11.6 Å². The van der Waals surface area contributed by atoms with Gasteiger partial charge in [0.25, 0.3) is 5.56 Å². The van der Waals surface area contributed by atoms with Crippen molar-refractivity contribution in [2.75, 3.05) is 17.2 Å². The van der Waals surface area contributed by atoms with Gasteiger partial charge in [-0.15, -0.1) is 0 Å². The van der Waals surface area contributed by atoms with E-state index in [1.165, 1.54) is 40.0 Å². The number of halogens is 8. The van der Waals surface area contributed by atoms with Crippen molar-refractivity contribution in [3.63, 3.8) is 0 Å². The normalized spacial score (nSPS) is 13.2. The minimum absolute atomic E-state index is 0.0907. The van der Waals surface area contributed by atoms with Gasteiger partial charge >= 0.3 is 18.2 Å². The van der Waals surface area contributed by atoms with Crippen molar-refractivity contribution < 1.29 is 58.2 Å². The molecule has 3 aromatic heterocycles. The van der Waals surface area contributed by atoms with Gasteiger partial charge in [-0.2, -0.15) is 36.3 Å². The number of amides is 2. The third-order valence-electron chi connectivity index (χ3n) is 7.86. The van der Waals surface area contributed by atoms with E-state index in [2.05, 4.69) is 25.1 Å². The number of alkyl halides is 5. The van der Waals surface area contributed by atoms with Crippen molar-refractivity contribution in [3.05, 3.63) is 80.9 Å². The Bertz CT molecular complexity index is 2570. The Morgan fingerprint density at radius 2 is 1.63 bits per heavy atom. The smallest absolute Gasteiger partial charge is 0.456 e. The number of ether oxygens (including phenoxy) is 2. The van der Waals surface area contributed by atoms with Crippen molar-refractivity contribution in [1.82, 2.24) is 29.6 Å². The molecular formula is C34H31ClF7N7O7S. The molecule has 2 amide bonds. The zero-order chi connectivity index (χ0) is 42.6. The molecule has 0 aliphatic rings. The molecule has 0 saturated carbocycles. The van der Waals surface area contributed by atoms with E-state index in [4.69, 9.17) is 16.3 Å². The van der Waals surface area contributed by atoms with E-state index in [0.29, 0.717) is 10.4 Å². The zero-order valence-corrected chi connectivity index (χ0v) is 32.1. The van der Waals surface area contributed by atoms with Crippen molar-refractivity contribution >= 4 is 61.4 Å². The van der Waals surface area contributed by atoms with Gasteiger partial charge in [0.2, 0.25) is 21.8 Å². The lowest BCUT2D eigenvalue weighted by molar-refractivity contribution is -0.290. The van der Waals surface area contributed by atoms with Gasteiger partial charge in [-0.3, -0.25) is 18.8 Å². The molecule has 1 N–H and O–H groups in total. The van der Waals surface area contributed by atoms with Gasteiger partial charge in [0.15, 0.2) is 18.1 Å². The number of fused-ring (bicyclic) bond motifs is 2. The summed E-state index contributed by atoms with van der Waals surface area (Å²) in [5.41, 5.74) is -3.10. The molecule has 14 nitrogen and oxygen atoms in total. The van der Waals surface area contributed by atoms with Crippen LogP contribution in [0.5, 0.6) is 5.88 Å². The van der Waals surface area contributed by atoms with Crippen LogP contribution in [0.1, 0.15) is 45.1 Å². The molecule has 0 aliphatic heterocycles. The van der Waals surface area contributed by atoms with Crippen LogP contribution in [-0.4, -0.2) is 75.3 Å². The second-order valence-corrected chi connectivity index (χ2v) is 15.8. The minimum Gasteiger partial charge on any atom is -0.471 e. The summed E-state index contributed by atoms with van der Waals surface area (Å²) in [4.78, 5) is 48.8. The molecule has 5 aromatic rings. The largest absolute Gasteiger partial charge is 0.471 e. The van der Waals surface area contributed by atoms with Gasteiger partial charge < -0.3 is 14.8 Å². The maximum absolute atomic E-state index is 14.6. The van der Waals surface area contributed by atoms with Crippen molar-refractivity contribution in [2.45, 2.75) is 57.9 Å². The van der Waals surface area contributed by atoms with Gasteiger partial charge in [0.05, 0.1) is 39.3 Å². The second kappa shape index (κ2) is 15.1. The van der Waals surface area contributed by atoms with E-state index in [1.54, 1.807) is 0 Å². The second-order valence-electron chi connectivity index (χ2n) is 13.6. The summed E-state index contributed by atoms with van der Waals surface area (Å²) in [7, 11) is -3.01. The van der Waals surface area contributed by atoms with E-state index < -0.39 is 105 Å². The van der Waals surface area contributed by atoms with Crippen LogP contribution in [-0.2, 0) is 33.0 Å². The number of hydrogen-bond donors (Lipinski definition) is 1. The number of aromatic nitrogens is 5. The third-order valence-corrected chi connectivity index (χ3v) is 9.27. The first-order valence-corrected chi connectivity index (χ1v) is 18.5. The third kappa shape index (κ3) is 9.06. The number of nitrogens with zero attached hydrogens (tertiary/aromatic N) is 6. The highest BCUT2D eigenvalue weighted by Gasteiger charge is 2.58. The molecule has 0 saturated heterocycles. The first kappa shape index (κ1) is 42.6. The highest BCUT2D eigenvalue weighted by atomic mass is 35.5. The number of nitrogens with one attached hydrogen (secondary N) is 1. The maximum atomic E-state index is 14.6. The van der Waals surface area contributed by atoms with Gasteiger partial charge in [-0.05, 0) is 56.7 Å². The summed E-state index contributed by atoms with van der Waals surface area (Å²) in [5, 5.41) is 6.01. The van der Waals surface area contributed by atoms with Crippen LogP contribution in [0.25, 0.3) is 27.6 Å². The van der Waals surface area contributed by atoms with E-state index in [0.717, 1.165) is 46.7 Å². The van der Waals surface area contributed by atoms with E-state index in [-0.39, 0.29) is 27.2 Å². The molecule has 5 rings (SSSR count). The summed E-state index contributed by atoms with van der Waals surface area (Å²) >= 11 is 6.56. The number of pyridine rings is 1. The Kier molecular flexibility index (Phi) is 11.3. The van der Waals surface area contributed by atoms with Crippen LogP contribution < -0.4 is 19.9 Å². The first-order chi connectivity index (χ1) is 26.2. The van der Waals surface area contributed by atoms with E-state index in [9.17, 15) is 53.5 Å². The number of alkyl carbamates (subject to hydrolysis) is 1. The number of carbonyl (C=O) groups is 2. The summed E-state index contributed by atoms with van der Waals surface area (Å²) in [5.74, 6) is -10.1. The average molecular weight is 850 g/mol. The number of sulfonamides is 1. The fourth-order valence-electron chi connectivity index (χ4n) is 5.68. The number of hydrogen-bond acceptors (Lipinski definition) is 10. The Morgan fingerprint density at radius 1 is 1.00 bits per heavy atom. The number of carbonyl (C=O) groups excluding carboxylic acids is 2. The molecule has 306 valence electrons. The SMILES string of the molecule is CC(=O)N(c1nn(C)c2c(-n3c(C(Cc4cc(F)cc(F)c4)NC(=O)OC(C)(C)C)nc4nc(OCC(F)(F)C(F)(F)F)ccc4c3=O)ccc(Cl)c12)S(C)(=O)=O. The Hall–Kier alpha value is -5.51. The van der Waals surface area contributed by atoms with Crippen LogP contribution >= 0.6 is 11.6 Å². The molecule has 23 heteroatoms. The number of rotatable bonds is 10. The summed E-state index contributed by atoms with van der Waals surface area (Å²) in [6, 6.07) is 5.08. The minimum atomic E-state index is -5.97. The molecule has 0 fully saturated rings. The average Bonchev–Trinajstić information content (AvgIpc) is 3.37. The van der Waals surface area contributed by atoms with Gasteiger partial charge in [-0.25, -0.2) is 27.0 Å². The lowest BCUT2D eigenvalue weighted by atomic mass is 10.0. The van der Waals surface area contributed by atoms with Crippen molar-refractivity contribution in [3.8, 4) is 11.6 Å². The molecular weight excluding hydrogens is 819 g/mol. The van der Waals surface area contributed by atoms with Crippen LogP contribution in [0.15, 0.2) is 47.3 Å². The quantitative estimate of drug-likeness (QED) is 0.158. The zero-order valence-electron chi connectivity index (χ0n) is 30.5. The molecule has 0 spiro atoms. The summed E-state index contributed by atoms with van der Waals surface area (Å²) in [6.45, 7) is 3.32. The van der Waals surface area contributed by atoms with Crippen LogP contribution in [0.2, 0.25) is 5.02 Å². The predicted octanol–water partition coefficient (Wildman–Crippen LogP) is 6.30. The topological polar surface area (TPSA) is 168 Å². The highest BCUT2D eigenvalue weighted by molar-refractivity contribution is 7.92. The van der Waals surface area contributed by atoms with Gasteiger partial charge in [0, 0.05) is 32.5 Å². The maximum Gasteiger partial charge on any atom is 0.456 e. The molecule has 0 radical (unpaired) electrons. The Balaban J connectivity index is 1.86. The number of benzene rings is 2. The fourth-order valence-corrected chi connectivity index (χ4v) is 6.83.